The number of nitrogens with zero attached hydrogens (tertiary/aromatic N) is 3. The average molecular weight is 351 g/mol. The van der Waals surface area contributed by atoms with Gasteiger partial charge in [-0.05, 0) is 35.9 Å². The highest BCUT2D eigenvalue weighted by Gasteiger charge is 2.16. The van der Waals surface area contributed by atoms with E-state index in [1.807, 2.05) is 12.1 Å². The molecule has 0 unspecified atom stereocenters. The molecule has 0 spiro atoms. The number of carbonyl (C=O) groups excluding carboxylic acids is 2. The van der Waals surface area contributed by atoms with Gasteiger partial charge in [-0.1, -0.05) is 6.07 Å². The number of benzene rings is 1. The van der Waals surface area contributed by atoms with Crippen LogP contribution in [0.2, 0.25) is 0 Å². The van der Waals surface area contributed by atoms with Crippen molar-refractivity contribution in [2.24, 2.45) is 0 Å². The Morgan fingerprint density at radius 2 is 1.96 bits per heavy atom. The number of anilines is 1. The quantitative estimate of drug-likeness (QED) is 0.675. The van der Waals surface area contributed by atoms with Crippen molar-refractivity contribution < 1.29 is 14.3 Å². The minimum absolute atomic E-state index is 0.172. The number of ether oxygens (including phenoxy) is 1. The smallest absolute Gasteiger partial charge is 0.343 e. The van der Waals surface area contributed by atoms with Crippen LogP contribution in [0.1, 0.15) is 26.3 Å². The molecule has 0 atom stereocenters. The van der Waals surface area contributed by atoms with Crippen LogP contribution < -0.4 is 11.1 Å². The molecule has 0 aliphatic heterocycles. The lowest BCUT2D eigenvalue weighted by Gasteiger charge is -2.08. The summed E-state index contributed by atoms with van der Waals surface area (Å²) in [6.07, 6.45) is 4.72. The highest BCUT2D eigenvalue weighted by Crippen LogP contribution is 2.18. The Hall–Kier alpha value is -3.68. The zero-order valence-electron chi connectivity index (χ0n) is 14.0. The van der Waals surface area contributed by atoms with E-state index < -0.39 is 5.97 Å². The van der Waals surface area contributed by atoms with Crippen LogP contribution in [0.15, 0.2) is 55.0 Å². The number of nitrogens with one attached hydrogen (secondary N) is 1. The standard InChI is InChI=1S/C18H17N5O3/c1-26-18(25)15-11-22-23(16(15)19)14-6-4-13(5-7-14)17(24)21-10-12-3-2-8-20-9-12/h2-9,11H,10,19H2,1H3,(H,21,24). The summed E-state index contributed by atoms with van der Waals surface area (Å²) in [4.78, 5) is 27.8. The first-order valence-corrected chi connectivity index (χ1v) is 7.79. The molecule has 132 valence electrons. The molecular formula is C18H17N5O3. The summed E-state index contributed by atoms with van der Waals surface area (Å²) >= 11 is 0. The molecule has 0 bridgehead atoms. The largest absolute Gasteiger partial charge is 0.465 e. The molecule has 0 saturated carbocycles. The summed E-state index contributed by atoms with van der Waals surface area (Å²) < 4.78 is 6.06. The molecular weight excluding hydrogens is 334 g/mol. The van der Waals surface area contributed by atoms with Gasteiger partial charge in [0.15, 0.2) is 0 Å². The highest BCUT2D eigenvalue weighted by atomic mass is 16.5. The van der Waals surface area contributed by atoms with Crippen LogP contribution in [-0.4, -0.2) is 33.8 Å². The molecule has 2 aromatic heterocycles. The Labute approximate surface area is 149 Å². The lowest BCUT2D eigenvalue weighted by atomic mass is 10.2. The van der Waals surface area contributed by atoms with Crippen LogP contribution in [0.5, 0.6) is 0 Å². The Balaban J connectivity index is 1.71. The van der Waals surface area contributed by atoms with Crippen LogP contribution in [0.4, 0.5) is 5.82 Å². The summed E-state index contributed by atoms with van der Waals surface area (Å²) in [5.41, 5.74) is 8.16. The predicted molar refractivity (Wildman–Crippen MR) is 94.7 cm³/mol. The Morgan fingerprint density at radius 3 is 2.62 bits per heavy atom. The number of methoxy groups -OCH3 is 1. The monoisotopic (exact) mass is 351 g/mol. The summed E-state index contributed by atoms with van der Waals surface area (Å²) in [5.74, 6) is -0.588. The second-order valence-electron chi connectivity index (χ2n) is 5.44. The highest BCUT2D eigenvalue weighted by molar-refractivity contribution is 5.95. The van der Waals surface area contributed by atoms with Gasteiger partial charge in [-0.2, -0.15) is 5.10 Å². The minimum atomic E-state index is -0.555. The van der Waals surface area contributed by atoms with Crippen molar-refractivity contribution in [3.05, 3.63) is 71.7 Å². The van der Waals surface area contributed by atoms with E-state index in [9.17, 15) is 9.59 Å². The fraction of sp³-hybridized carbons (Fsp3) is 0.111. The Morgan fingerprint density at radius 1 is 1.19 bits per heavy atom. The van der Waals surface area contributed by atoms with E-state index in [1.54, 1.807) is 36.7 Å². The van der Waals surface area contributed by atoms with Crippen LogP contribution in [0.25, 0.3) is 5.69 Å². The van der Waals surface area contributed by atoms with E-state index in [0.717, 1.165) is 5.56 Å². The van der Waals surface area contributed by atoms with E-state index in [1.165, 1.54) is 18.0 Å². The number of pyridine rings is 1. The van der Waals surface area contributed by atoms with E-state index in [-0.39, 0.29) is 17.3 Å². The van der Waals surface area contributed by atoms with E-state index in [4.69, 9.17) is 5.73 Å². The van der Waals surface area contributed by atoms with Crippen LogP contribution >= 0.6 is 0 Å². The summed E-state index contributed by atoms with van der Waals surface area (Å²) in [7, 11) is 1.28. The van der Waals surface area contributed by atoms with Gasteiger partial charge in [-0.25, -0.2) is 9.48 Å². The number of hydrogen-bond acceptors (Lipinski definition) is 6. The molecule has 3 rings (SSSR count). The molecule has 8 heteroatoms. The van der Waals surface area contributed by atoms with Crippen LogP contribution in [0.3, 0.4) is 0 Å². The van der Waals surface area contributed by atoms with Gasteiger partial charge in [0.05, 0.1) is 19.0 Å². The van der Waals surface area contributed by atoms with Crippen molar-refractivity contribution >= 4 is 17.7 Å². The molecule has 0 fully saturated rings. The number of amides is 1. The molecule has 2 heterocycles. The van der Waals surface area contributed by atoms with Gasteiger partial charge >= 0.3 is 5.97 Å². The molecule has 1 aromatic carbocycles. The molecule has 26 heavy (non-hydrogen) atoms. The lowest BCUT2D eigenvalue weighted by Crippen LogP contribution is -2.22. The van der Waals surface area contributed by atoms with Gasteiger partial charge in [-0.3, -0.25) is 9.78 Å². The van der Waals surface area contributed by atoms with Gasteiger partial charge < -0.3 is 15.8 Å². The third kappa shape index (κ3) is 3.54. The van der Waals surface area contributed by atoms with Gasteiger partial charge in [0.25, 0.3) is 5.91 Å². The molecule has 8 nitrogen and oxygen atoms in total. The van der Waals surface area contributed by atoms with Crippen molar-refractivity contribution in [3.8, 4) is 5.69 Å². The maximum Gasteiger partial charge on any atom is 0.343 e. The minimum Gasteiger partial charge on any atom is -0.465 e. The van der Waals surface area contributed by atoms with Crippen molar-refractivity contribution in [3.63, 3.8) is 0 Å². The SMILES string of the molecule is COC(=O)c1cnn(-c2ccc(C(=O)NCc3cccnc3)cc2)c1N. The number of nitrogens with two attached hydrogens (primary N) is 1. The fourth-order valence-corrected chi connectivity index (χ4v) is 2.37. The van der Waals surface area contributed by atoms with Gasteiger partial charge in [0.1, 0.15) is 11.4 Å². The zero-order chi connectivity index (χ0) is 18.5. The Kier molecular flexibility index (Phi) is 4.93. The second-order valence-corrected chi connectivity index (χ2v) is 5.44. The molecule has 0 aliphatic carbocycles. The number of rotatable bonds is 5. The zero-order valence-corrected chi connectivity index (χ0v) is 14.0. The van der Waals surface area contributed by atoms with Crippen LogP contribution in [-0.2, 0) is 11.3 Å². The third-order valence-corrected chi connectivity index (χ3v) is 3.76. The molecule has 1 amide bonds. The van der Waals surface area contributed by atoms with Crippen LogP contribution in [0, 0.1) is 0 Å². The summed E-state index contributed by atoms with van der Waals surface area (Å²) in [6, 6.07) is 10.4. The average Bonchev–Trinajstić information content (AvgIpc) is 3.08. The lowest BCUT2D eigenvalue weighted by molar-refractivity contribution is 0.0602. The fourth-order valence-electron chi connectivity index (χ4n) is 2.37. The van der Waals surface area contributed by atoms with Crippen molar-refractivity contribution in [2.75, 3.05) is 12.8 Å². The Bertz CT molecular complexity index is 920. The van der Waals surface area contributed by atoms with Gasteiger partial charge in [-0.15, -0.1) is 0 Å². The molecule has 0 aliphatic rings. The molecule has 0 saturated heterocycles. The van der Waals surface area contributed by atoms with Crippen molar-refractivity contribution in [2.45, 2.75) is 6.54 Å². The maximum atomic E-state index is 12.2. The van der Waals surface area contributed by atoms with E-state index >= 15 is 0 Å². The van der Waals surface area contributed by atoms with E-state index in [2.05, 4.69) is 20.1 Å². The predicted octanol–water partition coefficient (Wildman–Crippen LogP) is 1.57. The third-order valence-electron chi connectivity index (χ3n) is 3.76. The first kappa shape index (κ1) is 17.2. The number of nitrogen functional groups attached to an aromatic ring is 1. The molecule has 0 radical (unpaired) electrons. The van der Waals surface area contributed by atoms with Gasteiger partial charge in [0.2, 0.25) is 0 Å². The summed E-state index contributed by atoms with van der Waals surface area (Å²) in [6.45, 7) is 0.392. The molecule has 3 aromatic rings. The number of aromatic nitrogens is 3. The van der Waals surface area contributed by atoms with Gasteiger partial charge in [0, 0.05) is 24.5 Å². The summed E-state index contributed by atoms with van der Waals surface area (Å²) in [5, 5.41) is 6.91. The van der Waals surface area contributed by atoms with Crippen molar-refractivity contribution in [1.82, 2.24) is 20.1 Å². The number of esters is 1. The van der Waals surface area contributed by atoms with Crippen molar-refractivity contribution in [1.29, 1.82) is 0 Å². The van der Waals surface area contributed by atoms with E-state index in [0.29, 0.717) is 17.8 Å². The topological polar surface area (TPSA) is 112 Å². The normalized spacial score (nSPS) is 10.3. The number of carbonyl (C=O) groups is 2. The maximum absolute atomic E-state index is 12.2. The second kappa shape index (κ2) is 7.47. The first-order chi connectivity index (χ1) is 12.6. The number of hydrogen-bond donors (Lipinski definition) is 2. The molecule has 3 N–H and O–H groups in total. The first-order valence-electron chi connectivity index (χ1n) is 7.79.